The second-order valence-corrected chi connectivity index (χ2v) is 3.93. The van der Waals surface area contributed by atoms with Crippen molar-refractivity contribution in [2.45, 2.75) is 33.2 Å². The summed E-state index contributed by atoms with van der Waals surface area (Å²) in [7, 11) is 1.70. The van der Waals surface area contributed by atoms with Crippen molar-refractivity contribution < 1.29 is 14.3 Å². The molecule has 1 heterocycles. The first kappa shape index (κ1) is 13.8. The molecule has 0 aromatic carbocycles. The maximum absolute atomic E-state index is 11.7. The number of rotatable bonds is 7. The molecule has 4 nitrogen and oxygen atoms in total. The molecule has 4 heteroatoms. The maximum atomic E-state index is 11.7. The largest absolute Gasteiger partial charge is 0.461 e. The van der Waals surface area contributed by atoms with Crippen molar-refractivity contribution in [1.82, 2.24) is 4.57 Å². The minimum absolute atomic E-state index is 0.243. The van der Waals surface area contributed by atoms with E-state index in [-0.39, 0.29) is 5.97 Å². The number of unbranched alkanes of at least 4 members (excludes halogenated alkanes) is 1. The highest BCUT2D eigenvalue weighted by Gasteiger charge is 2.13. The van der Waals surface area contributed by atoms with Crippen LogP contribution in [-0.4, -0.2) is 30.9 Å². The number of hydrogen-bond donors (Lipinski definition) is 0. The molecule has 0 aliphatic heterocycles. The predicted molar refractivity (Wildman–Crippen MR) is 66.2 cm³/mol. The summed E-state index contributed by atoms with van der Waals surface area (Å²) in [6.45, 7) is 5.81. The fourth-order valence-corrected chi connectivity index (χ4v) is 1.77. The number of aromatic nitrogens is 1. The predicted octanol–water partition coefficient (Wildman–Crippen LogP) is 2.40. The van der Waals surface area contributed by atoms with Crippen LogP contribution in [0.1, 0.15) is 35.9 Å². The van der Waals surface area contributed by atoms with Gasteiger partial charge in [-0.25, -0.2) is 4.79 Å². The number of methoxy groups -OCH3 is 1. The summed E-state index contributed by atoms with van der Waals surface area (Å²) in [4.78, 5) is 11.7. The van der Waals surface area contributed by atoms with Gasteiger partial charge in [-0.15, -0.1) is 0 Å². The molecule has 0 unspecified atom stereocenters. The van der Waals surface area contributed by atoms with E-state index in [9.17, 15) is 4.79 Å². The summed E-state index contributed by atoms with van der Waals surface area (Å²) in [5.41, 5.74) is 1.73. The Hall–Kier alpha value is -1.29. The quantitative estimate of drug-likeness (QED) is 0.542. The summed E-state index contributed by atoms with van der Waals surface area (Å²) in [6.07, 6.45) is 1.99. The van der Waals surface area contributed by atoms with E-state index in [0.717, 1.165) is 31.7 Å². The standard InChI is InChI=1S/C13H21NO3/c1-4-17-13(15)12-8-7-11(2)14(12)9-5-6-10-16-3/h7-8H,4-6,9-10H2,1-3H3. The number of aryl methyl sites for hydroxylation is 1. The van der Waals surface area contributed by atoms with Gasteiger partial charge < -0.3 is 14.0 Å². The topological polar surface area (TPSA) is 40.5 Å². The SMILES string of the molecule is CCOC(=O)c1ccc(C)n1CCCCOC. The lowest BCUT2D eigenvalue weighted by molar-refractivity contribution is 0.0513. The lowest BCUT2D eigenvalue weighted by atomic mass is 10.3. The molecule has 0 aliphatic rings. The molecule has 0 aliphatic carbocycles. The van der Waals surface area contributed by atoms with Crippen LogP contribution in [0.3, 0.4) is 0 Å². The van der Waals surface area contributed by atoms with Crippen LogP contribution >= 0.6 is 0 Å². The summed E-state index contributed by atoms with van der Waals surface area (Å²) >= 11 is 0. The van der Waals surface area contributed by atoms with Crippen molar-refractivity contribution in [2.75, 3.05) is 20.3 Å². The number of carbonyl (C=O) groups is 1. The van der Waals surface area contributed by atoms with Crippen molar-refractivity contribution >= 4 is 5.97 Å². The lowest BCUT2D eigenvalue weighted by Crippen LogP contribution is -2.13. The van der Waals surface area contributed by atoms with Crippen molar-refractivity contribution in [3.8, 4) is 0 Å². The van der Waals surface area contributed by atoms with Gasteiger partial charge >= 0.3 is 5.97 Å². The second-order valence-electron chi connectivity index (χ2n) is 3.93. The monoisotopic (exact) mass is 239 g/mol. The Morgan fingerprint density at radius 1 is 1.35 bits per heavy atom. The number of ether oxygens (including phenoxy) is 2. The summed E-state index contributed by atoms with van der Waals surface area (Å²) < 4.78 is 12.0. The first-order valence-electron chi connectivity index (χ1n) is 6.03. The average molecular weight is 239 g/mol. The van der Waals surface area contributed by atoms with Crippen LogP contribution in [0.25, 0.3) is 0 Å². The molecule has 0 N–H and O–H groups in total. The van der Waals surface area contributed by atoms with E-state index in [1.54, 1.807) is 7.11 Å². The van der Waals surface area contributed by atoms with E-state index < -0.39 is 0 Å². The van der Waals surface area contributed by atoms with Gasteiger partial charge in [0.1, 0.15) is 5.69 Å². The van der Waals surface area contributed by atoms with Crippen LogP contribution in [0.2, 0.25) is 0 Å². The normalized spacial score (nSPS) is 10.5. The van der Waals surface area contributed by atoms with Crippen LogP contribution in [0.15, 0.2) is 12.1 Å². The molecule has 0 saturated carbocycles. The highest BCUT2D eigenvalue weighted by Crippen LogP contribution is 2.11. The highest BCUT2D eigenvalue weighted by atomic mass is 16.5. The number of hydrogen-bond acceptors (Lipinski definition) is 3. The summed E-state index contributed by atoms with van der Waals surface area (Å²) in [6, 6.07) is 3.77. The van der Waals surface area contributed by atoms with Crippen LogP contribution in [0, 0.1) is 6.92 Å². The molecule has 1 aromatic rings. The molecule has 17 heavy (non-hydrogen) atoms. The Bertz CT molecular complexity index is 358. The van der Waals surface area contributed by atoms with Crippen LogP contribution in [0.5, 0.6) is 0 Å². The van der Waals surface area contributed by atoms with Gasteiger partial charge in [-0.05, 0) is 38.8 Å². The van der Waals surface area contributed by atoms with E-state index in [0.29, 0.717) is 12.3 Å². The molecule has 0 spiro atoms. The van der Waals surface area contributed by atoms with E-state index >= 15 is 0 Å². The van der Waals surface area contributed by atoms with Crippen molar-refractivity contribution in [3.63, 3.8) is 0 Å². The fraction of sp³-hybridized carbons (Fsp3) is 0.615. The minimum atomic E-state index is -0.243. The maximum Gasteiger partial charge on any atom is 0.354 e. The van der Waals surface area contributed by atoms with Gasteiger partial charge in [0, 0.05) is 26.0 Å². The Balaban J connectivity index is 2.63. The van der Waals surface area contributed by atoms with Crippen molar-refractivity contribution in [3.05, 3.63) is 23.5 Å². The van der Waals surface area contributed by atoms with E-state index in [2.05, 4.69) is 0 Å². The Morgan fingerprint density at radius 3 is 2.76 bits per heavy atom. The van der Waals surface area contributed by atoms with Crippen LogP contribution in [-0.2, 0) is 16.0 Å². The van der Waals surface area contributed by atoms with Gasteiger partial charge in [0.2, 0.25) is 0 Å². The molecule has 1 aromatic heterocycles. The number of esters is 1. The molecule has 0 radical (unpaired) electrons. The molecular weight excluding hydrogens is 218 g/mol. The third-order valence-corrected chi connectivity index (χ3v) is 2.66. The summed E-state index contributed by atoms with van der Waals surface area (Å²) in [5, 5.41) is 0. The van der Waals surface area contributed by atoms with Gasteiger partial charge in [-0.3, -0.25) is 0 Å². The molecule has 96 valence electrons. The van der Waals surface area contributed by atoms with Crippen molar-refractivity contribution in [2.24, 2.45) is 0 Å². The average Bonchev–Trinajstić information content (AvgIpc) is 2.67. The Labute approximate surface area is 103 Å². The molecule has 0 saturated heterocycles. The Kier molecular flexibility index (Phi) is 5.77. The smallest absolute Gasteiger partial charge is 0.354 e. The molecule has 0 bridgehead atoms. The van der Waals surface area contributed by atoms with Gasteiger partial charge in [-0.2, -0.15) is 0 Å². The molecular formula is C13H21NO3. The first-order valence-corrected chi connectivity index (χ1v) is 6.03. The second kappa shape index (κ2) is 7.12. The third kappa shape index (κ3) is 3.89. The minimum Gasteiger partial charge on any atom is -0.461 e. The zero-order chi connectivity index (χ0) is 12.7. The van der Waals surface area contributed by atoms with Gasteiger partial charge in [0.15, 0.2) is 0 Å². The molecule has 0 fully saturated rings. The number of carbonyl (C=O) groups excluding carboxylic acids is 1. The molecule has 0 atom stereocenters. The first-order chi connectivity index (χ1) is 8.20. The third-order valence-electron chi connectivity index (χ3n) is 2.66. The van der Waals surface area contributed by atoms with Gasteiger partial charge in [-0.1, -0.05) is 0 Å². The van der Waals surface area contributed by atoms with E-state index in [1.165, 1.54) is 0 Å². The van der Waals surface area contributed by atoms with Crippen LogP contribution < -0.4 is 0 Å². The van der Waals surface area contributed by atoms with E-state index in [4.69, 9.17) is 9.47 Å². The van der Waals surface area contributed by atoms with Crippen LogP contribution in [0.4, 0.5) is 0 Å². The van der Waals surface area contributed by atoms with Crippen molar-refractivity contribution in [1.29, 1.82) is 0 Å². The molecule has 0 amide bonds. The van der Waals surface area contributed by atoms with E-state index in [1.807, 2.05) is 30.5 Å². The zero-order valence-corrected chi connectivity index (χ0v) is 10.9. The lowest BCUT2D eigenvalue weighted by Gasteiger charge is -2.10. The number of nitrogens with zero attached hydrogens (tertiary/aromatic N) is 1. The summed E-state index contributed by atoms with van der Waals surface area (Å²) in [5.74, 6) is -0.243. The van der Waals surface area contributed by atoms with Gasteiger partial charge in [0.25, 0.3) is 0 Å². The zero-order valence-electron chi connectivity index (χ0n) is 10.9. The molecule has 1 rings (SSSR count). The fourth-order valence-electron chi connectivity index (χ4n) is 1.77. The Morgan fingerprint density at radius 2 is 2.12 bits per heavy atom. The highest BCUT2D eigenvalue weighted by molar-refractivity contribution is 5.87. The van der Waals surface area contributed by atoms with Gasteiger partial charge in [0.05, 0.1) is 6.61 Å².